The molecular weight excluding hydrogens is 368 g/mol. The van der Waals surface area contributed by atoms with Gasteiger partial charge in [0.1, 0.15) is 5.75 Å². The standard InChI is InChI=1S/C22H28N4O3/c1-3-26(4-2)14-17(27)13-25-22(29)16-8-5-15(6-9-16)7-10-18-20(28)12-11-19(23)21(18)24/h5-6,8-9,11-12,17,27-28H,3-4,13-14,23-24H2,1-2H3,(H,25,29). The second-order valence-corrected chi connectivity index (χ2v) is 6.64. The van der Waals surface area contributed by atoms with Crippen LogP contribution in [0, 0.1) is 11.8 Å². The molecule has 0 saturated carbocycles. The zero-order valence-electron chi connectivity index (χ0n) is 16.8. The average molecular weight is 396 g/mol. The first-order valence-corrected chi connectivity index (χ1v) is 9.53. The number of nitrogens with one attached hydrogen (secondary N) is 1. The molecular formula is C22H28N4O3. The third-order valence-electron chi connectivity index (χ3n) is 4.60. The molecule has 0 radical (unpaired) electrons. The van der Waals surface area contributed by atoms with Gasteiger partial charge in [-0.05, 0) is 49.5 Å². The van der Waals surface area contributed by atoms with Gasteiger partial charge in [-0.25, -0.2) is 0 Å². The first kappa shape index (κ1) is 22.1. The third kappa shape index (κ3) is 6.14. The summed E-state index contributed by atoms with van der Waals surface area (Å²) in [4.78, 5) is 14.3. The van der Waals surface area contributed by atoms with Crippen molar-refractivity contribution < 1.29 is 15.0 Å². The maximum atomic E-state index is 12.3. The van der Waals surface area contributed by atoms with Gasteiger partial charge in [0, 0.05) is 24.2 Å². The first-order valence-electron chi connectivity index (χ1n) is 9.53. The number of likely N-dealkylation sites (N-methyl/N-ethyl adjacent to an activating group) is 1. The normalized spacial score (nSPS) is 11.6. The number of nitrogens with zero attached hydrogens (tertiary/aromatic N) is 1. The van der Waals surface area contributed by atoms with Gasteiger partial charge < -0.3 is 31.9 Å². The van der Waals surface area contributed by atoms with Crippen LogP contribution in [0.15, 0.2) is 36.4 Å². The summed E-state index contributed by atoms with van der Waals surface area (Å²) in [6.45, 7) is 6.46. The average Bonchev–Trinajstić information content (AvgIpc) is 2.73. The number of benzene rings is 2. The van der Waals surface area contributed by atoms with Gasteiger partial charge in [-0.3, -0.25) is 4.79 Å². The van der Waals surface area contributed by atoms with Crippen molar-refractivity contribution in [3.63, 3.8) is 0 Å². The summed E-state index contributed by atoms with van der Waals surface area (Å²) in [7, 11) is 0. The minimum absolute atomic E-state index is 0.0385. The number of hydrogen-bond acceptors (Lipinski definition) is 6. The lowest BCUT2D eigenvalue weighted by Crippen LogP contribution is -2.40. The van der Waals surface area contributed by atoms with Crippen LogP contribution in [0.5, 0.6) is 5.75 Å². The van der Waals surface area contributed by atoms with Crippen molar-refractivity contribution in [2.24, 2.45) is 0 Å². The van der Waals surface area contributed by atoms with Gasteiger partial charge >= 0.3 is 0 Å². The van der Waals surface area contributed by atoms with E-state index in [0.717, 1.165) is 13.1 Å². The van der Waals surface area contributed by atoms with E-state index in [1.807, 2.05) is 13.8 Å². The number of rotatable bonds is 7. The number of phenolic OH excluding ortho intramolecular Hbond substituents is 1. The topological polar surface area (TPSA) is 125 Å². The predicted octanol–water partition coefficient (Wildman–Crippen LogP) is 1.39. The van der Waals surface area contributed by atoms with Crippen molar-refractivity contribution in [3.05, 3.63) is 53.1 Å². The highest BCUT2D eigenvalue weighted by atomic mass is 16.3. The number of phenols is 1. The summed E-state index contributed by atoms with van der Waals surface area (Å²) < 4.78 is 0. The van der Waals surface area contributed by atoms with Gasteiger partial charge in [0.2, 0.25) is 0 Å². The number of nitrogens with two attached hydrogens (primary N) is 2. The molecule has 0 spiro atoms. The second kappa shape index (κ2) is 10.4. The van der Waals surface area contributed by atoms with Crippen LogP contribution in [0.3, 0.4) is 0 Å². The van der Waals surface area contributed by atoms with Gasteiger partial charge in [0.15, 0.2) is 0 Å². The highest BCUT2D eigenvalue weighted by Gasteiger charge is 2.12. The predicted molar refractivity (Wildman–Crippen MR) is 115 cm³/mol. The van der Waals surface area contributed by atoms with Crippen molar-refractivity contribution in [2.75, 3.05) is 37.6 Å². The molecule has 29 heavy (non-hydrogen) atoms. The fourth-order valence-electron chi connectivity index (χ4n) is 2.75. The SMILES string of the molecule is CCN(CC)CC(O)CNC(=O)c1ccc(C#Cc2c(O)ccc(N)c2N)cc1. The monoisotopic (exact) mass is 396 g/mol. The number of amides is 1. The number of hydrogen-bond donors (Lipinski definition) is 5. The Balaban J connectivity index is 1.99. The van der Waals surface area contributed by atoms with Crippen LogP contribution in [-0.2, 0) is 0 Å². The molecule has 7 nitrogen and oxygen atoms in total. The number of nitrogen functional groups attached to an aromatic ring is 2. The van der Waals surface area contributed by atoms with E-state index in [4.69, 9.17) is 11.5 Å². The summed E-state index contributed by atoms with van der Waals surface area (Å²) in [5.41, 5.74) is 13.6. The first-order chi connectivity index (χ1) is 13.8. The lowest BCUT2D eigenvalue weighted by molar-refractivity contribution is 0.0869. The molecule has 2 aromatic carbocycles. The molecule has 0 aliphatic rings. The summed E-state index contributed by atoms with van der Waals surface area (Å²) >= 11 is 0. The van der Waals surface area contributed by atoms with Crippen LogP contribution in [0.4, 0.5) is 11.4 Å². The van der Waals surface area contributed by atoms with E-state index in [0.29, 0.717) is 23.4 Å². The molecule has 2 aromatic rings. The second-order valence-electron chi connectivity index (χ2n) is 6.64. The molecule has 154 valence electrons. The Hall–Kier alpha value is -3.21. The summed E-state index contributed by atoms with van der Waals surface area (Å²) in [5.74, 6) is 5.41. The summed E-state index contributed by atoms with van der Waals surface area (Å²) in [6.07, 6.45) is -0.625. The summed E-state index contributed by atoms with van der Waals surface area (Å²) in [6, 6.07) is 9.67. The van der Waals surface area contributed by atoms with Crippen molar-refractivity contribution in [2.45, 2.75) is 20.0 Å². The van der Waals surface area contributed by atoms with E-state index in [1.54, 1.807) is 24.3 Å². The fraction of sp³-hybridized carbons (Fsp3) is 0.318. The zero-order valence-corrected chi connectivity index (χ0v) is 16.8. The zero-order chi connectivity index (χ0) is 21.4. The van der Waals surface area contributed by atoms with Crippen molar-refractivity contribution in [3.8, 4) is 17.6 Å². The lowest BCUT2D eigenvalue weighted by atomic mass is 10.1. The van der Waals surface area contributed by atoms with Gasteiger partial charge in [-0.1, -0.05) is 25.7 Å². The lowest BCUT2D eigenvalue weighted by Gasteiger charge is -2.22. The highest BCUT2D eigenvalue weighted by molar-refractivity contribution is 5.94. The van der Waals surface area contributed by atoms with Gasteiger partial charge in [-0.15, -0.1) is 0 Å². The molecule has 0 aliphatic carbocycles. The van der Waals surface area contributed by atoms with Crippen LogP contribution in [0.25, 0.3) is 0 Å². The Kier molecular flexibility index (Phi) is 7.89. The Morgan fingerprint density at radius 1 is 1.10 bits per heavy atom. The minimum Gasteiger partial charge on any atom is -0.507 e. The Bertz CT molecular complexity index is 897. The molecule has 1 atom stereocenters. The fourth-order valence-corrected chi connectivity index (χ4v) is 2.75. The maximum absolute atomic E-state index is 12.3. The van der Waals surface area contributed by atoms with Crippen LogP contribution in [0.2, 0.25) is 0 Å². The minimum atomic E-state index is -0.625. The van der Waals surface area contributed by atoms with Gasteiger partial charge in [-0.2, -0.15) is 0 Å². The molecule has 7 N–H and O–H groups in total. The number of anilines is 2. The number of aliphatic hydroxyl groups excluding tert-OH is 1. The molecule has 0 fully saturated rings. The van der Waals surface area contributed by atoms with E-state index >= 15 is 0 Å². The van der Waals surface area contributed by atoms with Gasteiger partial charge in [0.25, 0.3) is 5.91 Å². The van der Waals surface area contributed by atoms with Crippen molar-refractivity contribution in [1.29, 1.82) is 0 Å². The molecule has 2 rings (SSSR count). The van der Waals surface area contributed by atoms with E-state index in [2.05, 4.69) is 22.1 Å². The molecule has 1 unspecified atom stereocenters. The third-order valence-corrected chi connectivity index (χ3v) is 4.60. The van der Waals surface area contributed by atoms with E-state index in [1.165, 1.54) is 12.1 Å². The molecule has 0 saturated heterocycles. The van der Waals surface area contributed by atoms with E-state index < -0.39 is 6.10 Å². The highest BCUT2D eigenvalue weighted by Crippen LogP contribution is 2.27. The molecule has 0 aliphatic heterocycles. The Labute approximate surface area is 171 Å². The molecule has 0 aromatic heterocycles. The Morgan fingerprint density at radius 2 is 1.76 bits per heavy atom. The van der Waals surface area contributed by atoms with Crippen LogP contribution < -0.4 is 16.8 Å². The maximum Gasteiger partial charge on any atom is 0.251 e. The molecule has 1 amide bonds. The smallest absolute Gasteiger partial charge is 0.251 e. The molecule has 7 heteroatoms. The van der Waals surface area contributed by atoms with Crippen molar-refractivity contribution >= 4 is 17.3 Å². The number of carbonyl (C=O) groups excluding carboxylic acids is 1. The molecule has 0 bridgehead atoms. The molecule has 0 heterocycles. The largest absolute Gasteiger partial charge is 0.507 e. The van der Waals surface area contributed by atoms with Crippen LogP contribution in [-0.4, -0.2) is 53.3 Å². The van der Waals surface area contributed by atoms with Gasteiger partial charge in [0.05, 0.1) is 23.0 Å². The number of carbonyl (C=O) groups is 1. The summed E-state index contributed by atoms with van der Waals surface area (Å²) in [5, 5.41) is 22.7. The van der Waals surface area contributed by atoms with Crippen LogP contribution in [0.1, 0.15) is 35.3 Å². The van der Waals surface area contributed by atoms with E-state index in [-0.39, 0.29) is 29.5 Å². The van der Waals surface area contributed by atoms with Crippen molar-refractivity contribution in [1.82, 2.24) is 10.2 Å². The van der Waals surface area contributed by atoms with E-state index in [9.17, 15) is 15.0 Å². The van der Waals surface area contributed by atoms with Crippen LogP contribution >= 0.6 is 0 Å². The quantitative estimate of drug-likeness (QED) is 0.274. The Morgan fingerprint density at radius 3 is 2.38 bits per heavy atom. The number of aliphatic hydroxyl groups is 1. The number of aromatic hydroxyl groups is 1.